The second-order valence-electron chi connectivity index (χ2n) is 9.98. The van der Waals surface area contributed by atoms with Gasteiger partial charge in [-0.15, -0.1) is 0 Å². The number of carbonyl (C=O) groups excluding carboxylic acids is 2. The van der Waals surface area contributed by atoms with E-state index in [0.717, 1.165) is 48.2 Å². The van der Waals surface area contributed by atoms with E-state index in [1.165, 1.54) is 6.42 Å². The van der Waals surface area contributed by atoms with Crippen LogP contribution >= 0.6 is 0 Å². The van der Waals surface area contributed by atoms with Gasteiger partial charge in [0.2, 0.25) is 0 Å². The van der Waals surface area contributed by atoms with Crippen molar-refractivity contribution in [3.8, 4) is 5.75 Å². The first kappa shape index (κ1) is 23.5. The van der Waals surface area contributed by atoms with Crippen molar-refractivity contribution in [2.24, 2.45) is 10.9 Å². The number of benzene rings is 2. The van der Waals surface area contributed by atoms with Crippen LogP contribution in [0.3, 0.4) is 0 Å². The Labute approximate surface area is 207 Å². The molecule has 0 aromatic heterocycles. The molecule has 0 spiro atoms. The molecule has 3 aliphatic rings. The molecule has 5 rings (SSSR count). The molecule has 182 valence electrons. The Bertz CT molecular complexity index is 1160. The molecule has 2 aromatic carbocycles. The average Bonchev–Trinajstić information content (AvgIpc) is 2.88. The maximum Gasteiger partial charge on any atom is 0.315 e. The summed E-state index contributed by atoms with van der Waals surface area (Å²) in [6, 6.07) is 17.9. The first-order valence-electron chi connectivity index (χ1n) is 12.8. The summed E-state index contributed by atoms with van der Waals surface area (Å²) in [4.78, 5) is 32.2. The standard InChI is InChI=1S/C30H33NO4/c1-19-27(30(33)35-23-13-7-4-8-14-23)28(21-12-9-15-24(16-21)34-2)29-25(31-19)17-22(18-26(29)32)20-10-5-3-6-11-20/h3,5-6,9-12,15-16,22-23,27-28H,4,7-8,13-14,17-18H2,1-2H3/t22-,27?,28+/m1/s1. The number of hydrogen-bond donors (Lipinski definition) is 0. The van der Waals surface area contributed by atoms with Crippen LogP contribution in [0.15, 0.2) is 70.9 Å². The molecule has 5 heteroatoms. The Hall–Kier alpha value is -3.21. The minimum atomic E-state index is -0.611. The molecule has 1 fully saturated rings. The highest BCUT2D eigenvalue weighted by Gasteiger charge is 2.45. The zero-order valence-corrected chi connectivity index (χ0v) is 20.5. The number of methoxy groups -OCH3 is 1. The fourth-order valence-electron chi connectivity index (χ4n) is 5.94. The lowest BCUT2D eigenvalue weighted by molar-refractivity contribution is -0.153. The highest BCUT2D eigenvalue weighted by Crippen LogP contribution is 2.47. The maximum atomic E-state index is 13.7. The highest BCUT2D eigenvalue weighted by molar-refractivity contribution is 6.09. The first-order chi connectivity index (χ1) is 17.0. The lowest BCUT2D eigenvalue weighted by atomic mass is 9.69. The van der Waals surface area contributed by atoms with Gasteiger partial charge >= 0.3 is 5.97 Å². The van der Waals surface area contributed by atoms with Crippen LogP contribution in [-0.4, -0.2) is 30.7 Å². The topological polar surface area (TPSA) is 65.0 Å². The highest BCUT2D eigenvalue weighted by atomic mass is 16.5. The Morgan fingerprint density at radius 2 is 1.69 bits per heavy atom. The van der Waals surface area contributed by atoms with Crippen LogP contribution in [0.5, 0.6) is 5.75 Å². The zero-order chi connectivity index (χ0) is 24.4. The molecule has 1 aliphatic heterocycles. The molecule has 0 amide bonds. The Kier molecular flexibility index (Phi) is 6.85. The summed E-state index contributed by atoms with van der Waals surface area (Å²) >= 11 is 0. The van der Waals surface area contributed by atoms with E-state index in [0.29, 0.717) is 24.2 Å². The van der Waals surface area contributed by atoms with E-state index >= 15 is 0 Å². The number of carbonyl (C=O) groups is 2. The zero-order valence-electron chi connectivity index (χ0n) is 20.5. The number of Topliss-reactive ketones (excluding diaryl/α,β-unsaturated/α-hetero) is 1. The molecule has 0 radical (unpaired) electrons. The van der Waals surface area contributed by atoms with Crippen LogP contribution in [-0.2, 0) is 14.3 Å². The van der Waals surface area contributed by atoms with Gasteiger partial charge in [-0.25, -0.2) is 0 Å². The molecule has 5 nitrogen and oxygen atoms in total. The third-order valence-electron chi connectivity index (χ3n) is 7.70. The van der Waals surface area contributed by atoms with Gasteiger partial charge in [0.25, 0.3) is 0 Å². The largest absolute Gasteiger partial charge is 0.497 e. The van der Waals surface area contributed by atoms with Crippen LogP contribution in [0.2, 0.25) is 0 Å². The lowest BCUT2D eigenvalue weighted by Gasteiger charge is -2.37. The Morgan fingerprint density at radius 3 is 2.43 bits per heavy atom. The average molecular weight is 472 g/mol. The molecular formula is C30H33NO4. The molecule has 1 unspecified atom stereocenters. The van der Waals surface area contributed by atoms with Crippen LogP contribution in [0.1, 0.15) is 74.8 Å². The van der Waals surface area contributed by atoms with E-state index in [-0.39, 0.29) is 23.8 Å². The van der Waals surface area contributed by atoms with Gasteiger partial charge in [-0.3, -0.25) is 14.6 Å². The van der Waals surface area contributed by atoms with Crippen LogP contribution in [0, 0.1) is 5.92 Å². The minimum absolute atomic E-state index is 0.0464. The smallest absolute Gasteiger partial charge is 0.315 e. The van der Waals surface area contributed by atoms with Crippen molar-refractivity contribution in [2.75, 3.05) is 7.11 Å². The summed E-state index contributed by atoms with van der Waals surface area (Å²) in [5.74, 6) is -0.432. The molecule has 0 saturated heterocycles. The predicted octanol–water partition coefficient (Wildman–Crippen LogP) is 6.15. The summed E-state index contributed by atoms with van der Waals surface area (Å²) in [7, 11) is 1.63. The van der Waals surface area contributed by atoms with Gasteiger partial charge < -0.3 is 9.47 Å². The first-order valence-corrected chi connectivity index (χ1v) is 12.8. The number of allylic oxidation sites excluding steroid dienone is 2. The van der Waals surface area contributed by atoms with Gasteiger partial charge in [-0.2, -0.15) is 0 Å². The van der Waals surface area contributed by atoms with Crippen molar-refractivity contribution in [3.05, 3.63) is 77.0 Å². The molecule has 2 aliphatic carbocycles. The molecule has 0 bridgehead atoms. The van der Waals surface area contributed by atoms with E-state index < -0.39 is 11.8 Å². The van der Waals surface area contributed by atoms with Crippen LogP contribution in [0.4, 0.5) is 0 Å². The molecule has 0 N–H and O–H groups in total. The van der Waals surface area contributed by atoms with Crippen molar-refractivity contribution in [1.82, 2.24) is 0 Å². The van der Waals surface area contributed by atoms with Crippen LogP contribution in [0.25, 0.3) is 0 Å². The van der Waals surface area contributed by atoms with Gasteiger partial charge in [-0.1, -0.05) is 48.9 Å². The Morgan fingerprint density at radius 1 is 0.943 bits per heavy atom. The number of ether oxygens (including phenoxy) is 2. The fourth-order valence-corrected chi connectivity index (χ4v) is 5.94. The number of aliphatic imine (C=N–C) groups is 1. The van der Waals surface area contributed by atoms with E-state index in [2.05, 4.69) is 12.1 Å². The second kappa shape index (κ2) is 10.2. The summed E-state index contributed by atoms with van der Waals surface area (Å²) in [5, 5.41) is 0. The van der Waals surface area contributed by atoms with Crippen molar-refractivity contribution in [3.63, 3.8) is 0 Å². The molecule has 35 heavy (non-hydrogen) atoms. The third-order valence-corrected chi connectivity index (χ3v) is 7.70. The summed E-state index contributed by atoms with van der Waals surface area (Å²) in [6.45, 7) is 1.90. The summed E-state index contributed by atoms with van der Waals surface area (Å²) in [5.41, 5.74) is 4.24. The molecule has 2 aromatic rings. The quantitative estimate of drug-likeness (QED) is 0.491. The van der Waals surface area contributed by atoms with Crippen molar-refractivity contribution >= 4 is 17.5 Å². The van der Waals surface area contributed by atoms with Crippen molar-refractivity contribution < 1.29 is 19.1 Å². The van der Waals surface area contributed by atoms with E-state index in [4.69, 9.17) is 14.5 Å². The predicted molar refractivity (Wildman–Crippen MR) is 136 cm³/mol. The number of esters is 1. The van der Waals surface area contributed by atoms with Crippen molar-refractivity contribution in [2.45, 2.75) is 69.8 Å². The van der Waals surface area contributed by atoms with E-state index in [9.17, 15) is 9.59 Å². The summed E-state index contributed by atoms with van der Waals surface area (Å²) in [6.07, 6.45) is 6.24. The van der Waals surface area contributed by atoms with E-state index in [1.54, 1.807) is 7.11 Å². The SMILES string of the molecule is COc1cccc([C@@H]2C3=C(C[C@@H](c4ccccc4)CC3=O)N=C(C)C2C(=O)OC2CCCCC2)c1. The fraction of sp³-hybridized carbons (Fsp3) is 0.433. The monoisotopic (exact) mass is 471 g/mol. The normalized spacial score (nSPS) is 25.0. The van der Waals surface area contributed by atoms with Gasteiger partial charge in [-0.05, 0) is 68.2 Å². The molecule has 1 saturated carbocycles. The number of ketones is 1. The van der Waals surface area contributed by atoms with Gasteiger partial charge in [0.15, 0.2) is 5.78 Å². The van der Waals surface area contributed by atoms with E-state index in [1.807, 2.05) is 49.4 Å². The molecule has 3 atom stereocenters. The van der Waals surface area contributed by atoms with Gasteiger partial charge in [0.1, 0.15) is 17.8 Å². The second-order valence-corrected chi connectivity index (χ2v) is 9.98. The molecule has 1 heterocycles. The Balaban J connectivity index is 1.54. The van der Waals surface area contributed by atoms with Gasteiger partial charge in [0.05, 0.1) is 7.11 Å². The number of nitrogens with zero attached hydrogens (tertiary/aromatic N) is 1. The van der Waals surface area contributed by atoms with Crippen LogP contribution < -0.4 is 4.74 Å². The number of rotatable bonds is 5. The molecular weight excluding hydrogens is 438 g/mol. The number of hydrogen-bond acceptors (Lipinski definition) is 5. The lowest BCUT2D eigenvalue weighted by Crippen LogP contribution is -2.39. The van der Waals surface area contributed by atoms with Crippen molar-refractivity contribution in [1.29, 1.82) is 0 Å². The minimum Gasteiger partial charge on any atom is -0.497 e. The maximum absolute atomic E-state index is 13.7. The third kappa shape index (κ3) is 4.82. The van der Waals surface area contributed by atoms with Gasteiger partial charge in [0, 0.05) is 29.3 Å². The summed E-state index contributed by atoms with van der Waals surface area (Å²) < 4.78 is 11.5.